The average molecular weight is 350 g/mol. The average Bonchev–Trinajstić information content (AvgIpc) is 2.96. The lowest BCUT2D eigenvalue weighted by Gasteiger charge is -2.29. The molecule has 1 fully saturated rings. The van der Waals surface area contributed by atoms with Crippen LogP contribution in [0.2, 0.25) is 0 Å². The van der Waals surface area contributed by atoms with Crippen LogP contribution in [0, 0.1) is 5.92 Å². The highest BCUT2D eigenvalue weighted by Gasteiger charge is 2.21. The first-order valence-corrected chi connectivity index (χ1v) is 8.34. The third-order valence-corrected chi connectivity index (χ3v) is 4.89. The molecule has 1 aromatic carbocycles. The van der Waals surface area contributed by atoms with Crippen molar-refractivity contribution in [3.63, 3.8) is 0 Å². The number of rotatable bonds is 4. The fourth-order valence-electron chi connectivity index (χ4n) is 2.91. The molecule has 5 heteroatoms. The molecule has 1 heterocycles. The van der Waals surface area contributed by atoms with Crippen molar-refractivity contribution in [3.8, 4) is 11.5 Å². The summed E-state index contributed by atoms with van der Waals surface area (Å²) in [5, 5.41) is 11.8. The van der Waals surface area contributed by atoms with Gasteiger partial charge in [0.2, 0.25) is 11.8 Å². The Hall–Kier alpha value is -1.20. The molecule has 1 aromatic heterocycles. The lowest BCUT2D eigenvalue weighted by atomic mass is 9.86. The Kier molecular flexibility index (Phi) is 4.70. The van der Waals surface area contributed by atoms with Gasteiger partial charge in [0.15, 0.2) is 0 Å². The summed E-state index contributed by atoms with van der Waals surface area (Å²) in [6, 6.07) is 8.44. The number of nitrogens with zero attached hydrogens (tertiary/aromatic N) is 2. The maximum atomic E-state index is 5.76. The van der Waals surface area contributed by atoms with Gasteiger partial charge in [-0.1, -0.05) is 31.9 Å². The minimum absolute atomic E-state index is 0.566. The van der Waals surface area contributed by atoms with Gasteiger partial charge in [-0.2, -0.15) is 0 Å². The molecule has 2 aromatic rings. The van der Waals surface area contributed by atoms with E-state index in [0.29, 0.717) is 24.4 Å². The second kappa shape index (κ2) is 6.71. The van der Waals surface area contributed by atoms with E-state index in [2.05, 4.69) is 38.4 Å². The van der Waals surface area contributed by atoms with E-state index in [9.17, 15) is 0 Å². The van der Waals surface area contributed by atoms with Gasteiger partial charge in [0, 0.05) is 10.5 Å². The zero-order chi connectivity index (χ0) is 14.7. The van der Waals surface area contributed by atoms with Gasteiger partial charge in [0.1, 0.15) is 0 Å². The monoisotopic (exact) mass is 349 g/mol. The Labute approximate surface area is 133 Å². The highest BCUT2D eigenvalue weighted by molar-refractivity contribution is 9.10. The van der Waals surface area contributed by atoms with Crippen molar-refractivity contribution in [3.05, 3.63) is 34.6 Å². The van der Waals surface area contributed by atoms with Gasteiger partial charge in [-0.3, -0.25) is 0 Å². The highest BCUT2D eigenvalue weighted by atomic mass is 79.9. The quantitative estimate of drug-likeness (QED) is 0.899. The molecule has 0 amide bonds. The van der Waals surface area contributed by atoms with Crippen LogP contribution in [0.5, 0.6) is 0 Å². The van der Waals surface area contributed by atoms with Crippen molar-refractivity contribution in [1.29, 1.82) is 0 Å². The van der Waals surface area contributed by atoms with E-state index in [1.807, 2.05) is 24.3 Å². The molecule has 1 saturated carbocycles. The third-order valence-electron chi connectivity index (χ3n) is 4.20. The molecule has 1 aliphatic carbocycles. The summed E-state index contributed by atoms with van der Waals surface area (Å²) >= 11 is 3.51. The summed E-state index contributed by atoms with van der Waals surface area (Å²) < 4.78 is 6.73. The first kappa shape index (κ1) is 14.7. The van der Waals surface area contributed by atoms with Gasteiger partial charge >= 0.3 is 0 Å². The second-order valence-electron chi connectivity index (χ2n) is 5.73. The van der Waals surface area contributed by atoms with Crippen molar-refractivity contribution in [1.82, 2.24) is 15.5 Å². The number of hydrogen-bond donors (Lipinski definition) is 1. The zero-order valence-electron chi connectivity index (χ0n) is 12.2. The number of benzene rings is 1. The van der Waals surface area contributed by atoms with Crippen LogP contribution in [0.15, 0.2) is 33.2 Å². The number of aromatic nitrogens is 2. The topological polar surface area (TPSA) is 51.0 Å². The Balaban J connectivity index is 1.64. The molecular weight excluding hydrogens is 330 g/mol. The normalized spacial score (nSPS) is 22.4. The lowest BCUT2D eigenvalue weighted by Crippen LogP contribution is -2.36. The van der Waals surface area contributed by atoms with E-state index in [1.54, 1.807) is 0 Å². The van der Waals surface area contributed by atoms with Gasteiger partial charge in [-0.15, -0.1) is 10.2 Å². The van der Waals surface area contributed by atoms with E-state index < -0.39 is 0 Å². The molecule has 2 unspecified atom stereocenters. The van der Waals surface area contributed by atoms with E-state index in [1.165, 1.54) is 25.7 Å². The van der Waals surface area contributed by atoms with Crippen LogP contribution in [0.3, 0.4) is 0 Å². The summed E-state index contributed by atoms with van der Waals surface area (Å²) in [6.45, 7) is 2.96. The maximum Gasteiger partial charge on any atom is 0.248 e. The van der Waals surface area contributed by atoms with Crippen LogP contribution in [-0.4, -0.2) is 16.2 Å². The van der Waals surface area contributed by atoms with Gasteiger partial charge in [0.25, 0.3) is 0 Å². The number of halogens is 1. The molecular formula is C16H20BrN3O. The van der Waals surface area contributed by atoms with Crippen LogP contribution in [0.25, 0.3) is 11.5 Å². The highest BCUT2D eigenvalue weighted by Crippen LogP contribution is 2.27. The van der Waals surface area contributed by atoms with E-state index in [0.717, 1.165) is 16.0 Å². The summed E-state index contributed by atoms with van der Waals surface area (Å²) in [5.74, 6) is 1.94. The molecule has 2 atom stereocenters. The molecule has 0 bridgehead atoms. The van der Waals surface area contributed by atoms with Crippen molar-refractivity contribution in [2.24, 2.45) is 5.92 Å². The molecule has 1 aliphatic rings. The summed E-state index contributed by atoms with van der Waals surface area (Å²) in [6.07, 6.45) is 5.22. The minimum atomic E-state index is 0.566. The minimum Gasteiger partial charge on any atom is -0.419 e. The van der Waals surface area contributed by atoms with Gasteiger partial charge < -0.3 is 9.73 Å². The van der Waals surface area contributed by atoms with Gasteiger partial charge in [-0.05, 0) is 46.8 Å². The third kappa shape index (κ3) is 3.52. The van der Waals surface area contributed by atoms with Crippen LogP contribution in [0.1, 0.15) is 38.5 Å². The SMILES string of the molecule is CC1CCCCC1NCc1nnc(-c2ccccc2Br)o1. The van der Waals surface area contributed by atoms with Crippen LogP contribution in [-0.2, 0) is 6.54 Å². The smallest absolute Gasteiger partial charge is 0.248 e. The number of nitrogens with one attached hydrogen (secondary N) is 1. The zero-order valence-corrected chi connectivity index (χ0v) is 13.8. The molecule has 112 valence electrons. The largest absolute Gasteiger partial charge is 0.419 e. The first-order chi connectivity index (χ1) is 10.2. The van der Waals surface area contributed by atoms with Crippen molar-refractivity contribution >= 4 is 15.9 Å². The first-order valence-electron chi connectivity index (χ1n) is 7.54. The molecule has 0 radical (unpaired) electrons. The van der Waals surface area contributed by atoms with Crippen molar-refractivity contribution in [2.75, 3.05) is 0 Å². The summed E-state index contributed by atoms with van der Waals surface area (Å²) in [7, 11) is 0. The molecule has 3 rings (SSSR count). The molecule has 0 aliphatic heterocycles. The Morgan fingerprint density at radius 2 is 2.05 bits per heavy atom. The second-order valence-corrected chi connectivity index (χ2v) is 6.58. The molecule has 21 heavy (non-hydrogen) atoms. The Morgan fingerprint density at radius 3 is 2.86 bits per heavy atom. The predicted octanol–water partition coefficient (Wildman–Crippen LogP) is 4.17. The van der Waals surface area contributed by atoms with Gasteiger partial charge in [-0.25, -0.2) is 0 Å². The summed E-state index contributed by atoms with van der Waals surface area (Å²) in [4.78, 5) is 0. The van der Waals surface area contributed by atoms with Crippen LogP contribution >= 0.6 is 15.9 Å². The van der Waals surface area contributed by atoms with Crippen molar-refractivity contribution in [2.45, 2.75) is 45.2 Å². The van der Waals surface area contributed by atoms with E-state index in [-0.39, 0.29) is 0 Å². The molecule has 0 saturated heterocycles. The maximum absolute atomic E-state index is 5.76. The summed E-state index contributed by atoms with van der Waals surface area (Å²) in [5.41, 5.74) is 0.933. The molecule has 0 spiro atoms. The molecule has 1 N–H and O–H groups in total. The molecule has 4 nitrogen and oxygen atoms in total. The van der Waals surface area contributed by atoms with Crippen LogP contribution < -0.4 is 5.32 Å². The Bertz CT molecular complexity index is 599. The fourth-order valence-corrected chi connectivity index (χ4v) is 3.36. The van der Waals surface area contributed by atoms with E-state index >= 15 is 0 Å². The number of hydrogen-bond acceptors (Lipinski definition) is 4. The van der Waals surface area contributed by atoms with E-state index in [4.69, 9.17) is 4.42 Å². The van der Waals surface area contributed by atoms with Gasteiger partial charge in [0.05, 0.1) is 12.1 Å². The fraction of sp³-hybridized carbons (Fsp3) is 0.500. The Morgan fingerprint density at radius 1 is 1.24 bits per heavy atom. The predicted molar refractivity (Wildman–Crippen MR) is 85.7 cm³/mol. The van der Waals surface area contributed by atoms with Crippen LogP contribution in [0.4, 0.5) is 0 Å². The standard InChI is InChI=1S/C16H20BrN3O/c1-11-6-2-5-9-14(11)18-10-15-19-20-16(21-15)12-7-3-4-8-13(12)17/h3-4,7-8,11,14,18H,2,5-6,9-10H2,1H3. The van der Waals surface area contributed by atoms with Crippen molar-refractivity contribution < 1.29 is 4.42 Å². The lowest BCUT2D eigenvalue weighted by molar-refractivity contribution is 0.271.